The summed E-state index contributed by atoms with van der Waals surface area (Å²) in [5, 5.41) is 2.66. The Bertz CT molecular complexity index is 372. The molecule has 1 aliphatic heterocycles. The van der Waals surface area contributed by atoms with E-state index in [1.165, 1.54) is 5.56 Å². The molecule has 0 radical (unpaired) electrons. The minimum Gasteiger partial charge on any atom is -0.444 e. The fraction of sp³-hybridized carbons (Fsp3) is 0.364. The Labute approximate surface area is 83.1 Å². The topological polar surface area (TPSA) is 38.3 Å². The van der Waals surface area contributed by atoms with Crippen LogP contribution in [0, 0.1) is 0 Å². The number of carbonyl (C=O) groups excluding carboxylic acids is 1. The first kappa shape index (κ1) is 9.06. The van der Waals surface area contributed by atoms with Crippen molar-refractivity contribution in [2.45, 2.75) is 26.4 Å². The molecule has 0 aromatic heterocycles. The zero-order chi connectivity index (χ0) is 10.1. The van der Waals surface area contributed by atoms with Crippen molar-refractivity contribution >= 4 is 11.8 Å². The highest BCUT2D eigenvalue weighted by Crippen LogP contribution is 2.25. The monoisotopic (exact) mass is 191 g/mol. The lowest BCUT2D eigenvalue weighted by molar-refractivity contribution is 0.151. The molecule has 1 aromatic carbocycles. The quantitative estimate of drug-likeness (QED) is 0.741. The summed E-state index contributed by atoms with van der Waals surface area (Å²) in [5.74, 6) is 0.498. The number of fused-ring (bicyclic) bond motifs is 1. The smallest absolute Gasteiger partial charge is 0.411 e. The number of benzene rings is 1. The summed E-state index contributed by atoms with van der Waals surface area (Å²) in [4.78, 5) is 10.9. The Balaban J connectivity index is 2.36. The van der Waals surface area contributed by atoms with Gasteiger partial charge in [0.1, 0.15) is 6.61 Å². The van der Waals surface area contributed by atoms with Crippen LogP contribution >= 0.6 is 0 Å². The third-order valence-electron chi connectivity index (χ3n) is 2.39. The highest BCUT2D eigenvalue weighted by molar-refractivity contribution is 5.87. The van der Waals surface area contributed by atoms with Gasteiger partial charge in [-0.3, -0.25) is 5.32 Å². The van der Waals surface area contributed by atoms with Crippen LogP contribution in [0.1, 0.15) is 30.9 Å². The third kappa shape index (κ3) is 1.58. The summed E-state index contributed by atoms with van der Waals surface area (Å²) in [6, 6.07) is 6.06. The van der Waals surface area contributed by atoms with Gasteiger partial charge in [-0.2, -0.15) is 0 Å². The summed E-state index contributed by atoms with van der Waals surface area (Å²) in [5.41, 5.74) is 3.19. The van der Waals surface area contributed by atoms with Gasteiger partial charge in [0.2, 0.25) is 0 Å². The summed E-state index contributed by atoms with van der Waals surface area (Å²) >= 11 is 0. The standard InChI is InChI=1S/C11H13NO2/c1-7(2)8-3-4-10-9(5-8)6-14-11(13)12-10/h3-5,7H,6H2,1-2H3,(H,12,13). The molecule has 74 valence electrons. The van der Waals surface area contributed by atoms with Crippen LogP contribution in [0.15, 0.2) is 18.2 Å². The van der Waals surface area contributed by atoms with Crippen LogP contribution in [0.5, 0.6) is 0 Å². The number of rotatable bonds is 1. The van der Waals surface area contributed by atoms with Crippen molar-refractivity contribution in [1.82, 2.24) is 0 Å². The second kappa shape index (κ2) is 3.33. The molecule has 1 heterocycles. The average Bonchev–Trinajstić information content (AvgIpc) is 2.16. The Morgan fingerprint density at radius 2 is 2.21 bits per heavy atom. The molecule has 0 spiro atoms. The average molecular weight is 191 g/mol. The molecule has 3 heteroatoms. The highest BCUT2D eigenvalue weighted by atomic mass is 16.5. The largest absolute Gasteiger partial charge is 0.444 e. The van der Waals surface area contributed by atoms with Crippen LogP contribution < -0.4 is 5.32 Å². The molecule has 1 aliphatic rings. The van der Waals surface area contributed by atoms with E-state index >= 15 is 0 Å². The van der Waals surface area contributed by atoms with E-state index < -0.39 is 0 Å². The third-order valence-corrected chi connectivity index (χ3v) is 2.39. The maximum absolute atomic E-state index is 10.9. The molecule has 1 aromatic rings. The van der Waals surface area contributed by atoms with Gasteiger partial charge < -0.3 is 4.74 Å². The van der Waals surface area contributed by atoms with Gasteiger partial charge in [0.05, 0.1) is 5.69 Å². The van der Waals surface area contributed by atoms with Gasteiger partial charge in [0.25, 0.3) is 0 Å². The maximum atomic E-state index is 10.9. The van der Waals surface area contributed by atoms with Gasteiger partial charge >= 0.3 is 6.09 Å². The molecule has 2 rings (SSSR count). The Morgan fingerprint density at radius 3 is 2.93 bits per heavy atom. The molecule has 0 unspecified atom stereocenters. The van der Waals surface area contributed by atoms with Crippen LogP contribution in [0.25, 0.3) is 0 Å². The van der Waals surface area contributed by atoms with E-state index in [1.807, 2.05) is 12.1 Å². The van der Waals surface area contributed by atoms with Crippen LogP contribution in [0.2, 0.25) is 0 Å². The number of carbonyl (C=O) groups is 1. The maximum Gasteiger partial charge on any atom is 0.411 e. The summed E-state index contributed by atoms with van der Waals surface area (Å²) < 4.78 is 4.89. The Kier molecular flexibility index (Phi) is 2.15. The molecule has 0 bridgehead atoms. The number of cyclic esters (lactones) is 1. The normalized spacial score (nSPS) is 14.6. The molecule has 0 fully saturated rings. The lowest BCUT2D eigenvalue weighted by atomic mass is 9.99. The second-order valence-corrected chi connectivity index (χ2v) is 3.77. The van der Waals surface area contributed by atoms with Crippen molar-refractivity contribution in [3.05, 3.63) is 29.3 Å². The van der Waals surface area contributed by atoms with Gasteiger partial charge in [-0.25, -0.2) is 4.79 Å². The fourth-order valence-electron chi connectivity index (χ4n) is 1.50. The summed E-state index contributed by atoms with van der Waals surface area (Å²) in [6.45, 7) is 4.66. The lowest BCUT2D eigenvalue weighted by Crippen LogP contribution is -2.20. The molecule has 0 saturated carbocycles. The van der Waals surface area contributed by atoms with Gasteiger partial charge in [-0.15, -0.1) is 0 Å². The van der Waals surface area contributed by atoms with E-state index in [4.69, 9.17) is 4.74 Å². The summed E-state index contributed by atoms with van der Waals surface area (Å²) in [6.07, 6.45) is -0.366. The number of amides is 1. The zero-order valence-corrected chi connectivity index (χ0v) is 8.33. The predicted octanol–water partition coefficient (Wildman–Crippen LogP) is 2.87. The first-order valence-electron chi connectivity index (χ1n) is 4.73. The molecule has 1 N–H and O–H groups in total. The van der Waals surface area contributed by atoms with E-state index in [2.05, 4.69) is 25.2 Å². The number of ether oxygens (including phenoxy) is 1. The number of nitrogens with one attached hydrogen (secondary N) is 1. The number of hydrogen-bond donors (Lipinski definition) is 1. The first-order valence-corrected chi connectivity index (χ1v) is 4.73. The van der Waals surface area contributed by atoms with E-state index in [1.54, 1.807) is 0 Å². The molecule has 0 saturated heterocycles. The fourth-order valence-corrected chi connectivity index (χ4v) is 1.50. The van der Waals surface area contributed by atoms with E-state index in [0.29, 0.717) is 12.5 Å². The molecular formula is C11H13NO2. The van der Waals surface area contributed by atoms with Crippen LogP contribution in [-0.2, 0) is 11.3 Å². The van der Waals surface area contributed by atoms with Crippen molar-refractivity contribution in [1.29, 1.82) is 0 Å². The van der Waals surface area contributed by atoms with Crippen LogP contribution in [0.3, 0.4) is 0 Å². The van der Waals surface area contributed by atoms with Crippen molar-refractivity contribution in [3.63, 3.8) is 0 Å². The molecule has 14 heavy (non-hydrogen) atoms. The molecule has 3 nitrogen and oxygen atoms in total. The summed E-state index contributed by atoms with van der Waals surface area (Å²) in [7, 11) is 0. The highest BCUT2D eigenvalue weighted by Gasteiger charge is 2.15. The minimum atomic E-state index is -0.366. The van der Waals surface area contributed by atoms with E-state index in [0.717, 1.165) is 11.3 Å². The van der Waals surface area contributed by atoms with Crippen molar-refractivity contribution in [3.8, 4) is 0 Å². The van der Waals surface area contributed by atoms with Gasteiger partial charge in [0.15, 0.2) is 0 Å². The molecular weight excluding hydrogens is 178 g/mol. The van der Waals surface area contributed by atoms with Gasteiger partial charge in [-0.05, 0) is 17.5 Å². The van der Waals surface area contributed by atoms with E-state index in [-0.39, 0.29) is 6.09 Å². The van der Waals surface area contributed by atoms with Crippen molar-refractivity contribution in [2.75, 3.05) is 5.32 Å². The predicted molar refractivity (Wildman–Crippen MR) is 54.3 cm³/mol. The number of anilines is 1. The SMILES string of the molecule is CC(C)c1ccc2c(c1)COC(=O)N2. The van der Waals surface area contributed by atoms with Crippen molar-refractivity contribution < 1.29 is 9.53 Å². The number of hydrogen-bond acceptors (Lipinski definition) is 2. The molecule has 0 aliphatic carbocycles. The van der Waals surface area contributed by atoms with Crippen LogP contribution in [0.4, 0.5) is 10.5 Å². The minimum absolute atomic E-state index is 0.366. The van der Waals surface area contributed by atoms with Gasteiger partial charge in [0, 0.05) is 5.56 Å². The second-order valence-electron chi connectivity index (χ2n) is 3.77. The zero-order valence-electron chi connectivity index (χ0n) is 8.33. The molecule has 0 atom stereocenters. The first-order chi connectivity index (χ1) is 6.66. The van der Waals surface area contributed by atoms with Crippen LogP contribution in [-0.4, -0.2) is 6.09 Å². The lowest BCUT2D eigenvalue weighted by Gasteiger charge is -2.18. The van der Waals surface area contributed by atoms with Crippen molar-refractivity contribution in [2.24, 2.45) is 0 Å². The Morgan fingerprint density at radius 1 is 1.43 bits per heavy atom. The van der Waals surface area contributed by atoms with E-state index in [9.17, 15) is 4.79 Å². The van der Waals surface area contributed by atoms with Gasteiger partial charge in [-0.1, -0.05) is 26.0 Å². The molecule has 1 amide bonds. The Hall–Kier alpha value is -1.51.